The van der Waals surface area contributed by atoms with Crippen LogP contribution in [0.1, 0.15) is 139 Å². The van der Waals surface area contributed by atoms with Crippen molar-refractivity contribution in [3.8, 4) is 0 Å². The quantitative estimate of drug-likeness (QED) is 0.0933. The van der Waals surface area contributed by atoms with E-state index in [4.69, 9.17) is 18.9 Å². The number of aromatic amines is 1. The predicted molar refractivity (Wildman–Crippen MR) is 298 cm³/mol. The van der Waals surface area contributed by atoms with Crippen molar-refractivity contribution in [1.29, 1.82) is 0 Å². The summed E-state index contributed by atoms with van der Waals surface area (Å²) in [7, 11) is 1.52. The van der Waals surface area contributed by atoms with Crippen LogP contribution in [0.15, 0.2) is 71.1 Å². The van der Waals surface area contributed by atoms with E-state index in [0.29, 0.717) is 57.1 Å². The van der Waals surface area contributed by atoms with Crippen LogP contribution in [0.4, 0.5) is 0 Å². The minimum absolute atomic E-state index is 0.0192. The molecule has 8 N–H and O–H groups in total. The summed E-state index contributed by atoms with van der Waals surface area (Å²) >= 11 is 0. The van der Waals surface area contributed by atoms with Crippen LogP contribution in [0.3, 0.4) is 0 Å². The van der Waals surface area contributed by atoms with Gasteiger partial charge in [0.1, 0.15) is 30.0 Å². The van der Waals surface area contributed by atoms with Gasteiger partial charge in [0.25, 0.3) is 5.91 Å². The van der Waals surface area contributed by atoms with E-state index < -0.39 is 113 Å². The van der Waals surface area contributed by atoms with Gasteiger partial charge >= 0.3 is 5.97 Å². The number of piperidine rings is 1. The number of amides is 4. The number of aliphatic hydroxyl groups excluding tert-OH is 3. The molecular formula is C60H92N6O13. The largest absolute Gasteiger partial charge is 0.456 e. The summed E-state index contributed by atoms with van der Waals surface area (Å²) < 4.78 is 25.2. The lowest BCUT2D eigenvalue weighted by atomic mass is 9.69. The number of rotatable bonds is 13. The van der Waals surface area contributed by atoms with E-state index in [0.717, 1.165) is 12.0 Å². The second-order valence-electron chi connectivity index (χ2n) is 23.8. The van der Waals surface area contributed by atoms with Crippen molar-refractivity contribution in [3.63, 3.8) is 0 Å². The van der Waals surface area contributed by atoms with Gasteiger partial charge in [-0.1, -0.05) is 104 Å². The number of nitrogens with zero attached hydrogens (tertiary/aromatic N) is 1. The number of aliphatic hydroxyl groups is 3. The van der Waals surface area contributed by atoms with Gasteiger partial charge in [-0.05, 0) is 82.3 Å². The number of methoxy groups -OCH3 is 1. The minimum Gasteiger partial charge on any atom is -0.456 e. The maximum Gasteiger partial charge on any atom is 0.325 e. The van der Waals surface area contributed by atoms with Crippen LogP contribution >= 0.6 is 0 Å². The molecule has 6 heterocycles. The first-order chi connectivity index (χ1) is 37.4. The normalized spacial score (nSPS) is 37.4. The molecular weight excluding hydrogens is 1010 g/mol. The molecule has 0 aliphatic carbocycles. The molecule has 1 aromatic rings. The highest BCUT2D eigenvalue weighted by molar-refractivity contribution is 5.93. The smallest absolute Gasteiger partial charge is 0.325 e. The van der Waals surface area contributed by atoms with Gasteiger partial charge in [0.2, 0.25) is 23.3 Å². The number of ether oxygens (including phenoxy) is 4. The molecule has 0 radical (unpaired) electrons. The average molecular weight is 1110 g/mol. The Bertz CT molecular complexity index is 2440. The summed E-state index contributed by atoms with van der Waals surface area (Å²) in [6, 6.07) is 1.28. The van der Waals surface area contributed by atoms with Gasteiger partial charge < -0.3 is 55.2 Å². The van der Waals surface area contributed by atoms with Crippen molar-refractivity contribution in [3.05, 3.63) is 82.4 Å². The second kappa shape index (κ2) is 28.1. The SMILES string of the molecule is CC[C@H]1C[C@H](C)[C@@]2(NC1=O)O[C@@H](C[C@H](O)[C@@H](C)CC/C=C/C=C(\C)[C@@H]1C/C=C/C=C/[C@H](O)[C@H](C)[C@H]3OC(C)(OC)CC[C@H]3C(=O)N[C@@H](C(C)C)C(=O)N[C@@H](Cc3cccc(=O)[nH]3)C(=O)N3CCCC(N3)C(=O)O1)[C@H](C)[C@H](O)[C@@H]2C. The fourth-order valence-corrected chi connectivity index (χ4v) is 12.0. The number of esters is 1. The van der Waals surface area contributed by atoms with Crippen LogP contribution in [0, 0.1) is 47.3 Å². The minimum atomic E-state index is -1.23. The molecule has 0 aromatic carbocycles. The zero-order chi connectivity index (χ0) is 57.9. The first kappa shape index (κ1) is 63.2. The first-order valence-electron chi connectivity index (χ1n) is 28.9. The number of hydrogen-bond donors (Lipinski definition) is 8. The maximum absolute atomic E-state index is 14.6. The van der Waals surface area contributed by atoms with Crippen LogP contribution in [0.25, 0.3) is 0 Å². The molecule has 18 atom stereocenters. The first-order valence-corrected chi connectivity index (χ1v) is 28.9. The molecule has 5 aliphatic heterocycles. The Morgan fingerprint density at radius 2 is 1.71 bits per heavy atom. The van der Waals surface area contributed by atoms with Gasteiger partial charge in [0.05, 0.1) is 36.4 Å². The number of hydrazine groups is 1. The lowest BCUT2D eigenvalue weighted by molar-refractivity contribution is -0.280. The Balaban J connectivity index is 1.20. The third kappa shape index (κ3) is 15.7. The van der Waals surface area contributed by atoms with E-state index >= 15 is 0 Å². The Hall–Kier alpha value is -5.02. The molecule has 5 aliphatic rings. The fraction of sp³-hybridized carbons (Fsp3) is 0.700. The van der Waals surface area contributed by atoms with Gasteiger partial charge in [-0.25, -0.2) is 5.43 Å². The molecule has 2 unspecified atom stereocenters. The van der Waals surface area contributed by atoms with Crippen molar-refractivity contribution in [2.75, 3.05) is 13.7 Å². The van der Waals surface area contributed by atoms with E-state index in [1.165, 1.54) is 18.2 Å². The molecule has 19 nitrogen and oxygen atoms in total. The molecule has 4 fully saturated rings. The molecule has 79 heavy (non-hydrogen) atoms. The number of nitrogens with one attached hydrogen (secondary N) is 5. The van der Waals surface area contributed by atoms with E-state index in [-0.39, 0.29) is 54.9 Å². The van der Waals surface area contributed by atoms with Crippen molar-refractivity contribution < 1.29 is 58.2 Å². The van der Waals surface area contributed by atoms with E-state index in [2.05, 4.69) is 33.3 Å². The van der Waals surface area contributed by atoms with Crippen LogP contribution in [-0.4, -0.2) is 135 Å². The van der Waals surface area contributed by atoms with Crippen LogP contribution in [-0.2, 0) is 49.3 Å². The monoisotopic (exact) mass is 1100 g/mol. The number of allylic oxidation sites excluding steroid dienone is 5. The molecule has 1 spiro atoms. The summed E-state index contributed by atoms with van der Waals surface area (Å²) in [6.07, 6.45) is 12.8. The third-order valence-corrected chi connectivity index (χ3v) is 17.7. The highest BCUT2D eigenvalue weighted by Crippen LogP contribution is 2.46. The van der Waals surface area contributed by atoms with Crippen molar-refractivity contribution in [2.24, 2.45) is 47.3 Å². The number of pyridine rings is 1. The number of carbonyl (C=O) groups excluding carboxylic acids is 5. The third-order valence-electron chi connectivity index (χ3n) is 17.7. The summed E-state index contributed by atoms with van der Waals surface area (Å²) in [4.78, 5) is 85.6. The number of aromatic nitrogens is 1. The summed E-state index contributed by atoms with van der Waals surface area (Å²) in [5.41, 5.74) is 2.78. The van der Waals surface area contributed by atoms with Crippen molar-refractivity contribution in [1.82, 2.24) is 31.4 Å². The molecule has 4 amide bonds. The zero-order valence-electron chi connectivity index (χ0n) is 48.4. The van der Waals surface area contributed by atoms with Crippen LogP contribution < -0.4 is 26.9 Å². The average Bonchev–Trinajstić information content (AvgIpc) is 3.55. The highest BCUT2D eigenvalue weighted by atomic mass is 16.7. The van der Waals surface area contributed by atoms with Gasteiger partial charge in [-0.15, -0.1) is 0 Å². The van der Waals surface area contributed by atoms with Gasteiger partial charge in [0, 0.05) is 80.7 Å². The zero-order valence-corrected chi connectivity index (χ0v) is 48.4. The van der Waals surface area contributed by atoms with E-state index in [9.17, 15) is 44.1 Å². The Labute approximate surface area is 467 Å². The van der Waals surface area contributed by atoms with Gasteiger partial charge in [-0.3, -0.25) is 33.8 Å². The number of cyclic esters (lactones) is 1. The van der Waals surface area contributed by atoms with Gasteiger partial charge in [-0.2, -0.15) is 0 Å². The van der Waals surface area contributed by atoms with Crippen LogP contribution in [0.5, 0.6) is 0 Å². The standard InChI is InChI=1S/C60H92N6O13/c1-12-41-31-37(6)60(64-54(41)71)40(9)52(70)39(8)49(78-60)33-47(68)35(4)21-15-13-16-22-36(5)48-26-18-14-17-25-46(67)38(7)53-43(28-29-59(10,76-11)79-53)55(72)63-51(34(2)3)56(73)62-45(32-42-23-19-27-50(69)61-42)57(74)66-30-20-24-44(65-66)58(75)77-48/h13-14,16-19,22-23,25,27,34-35,37-41,43-49,51-53,65,67-68,70H,12,15,20-21,24,26,28-33H2,1-11H3,(H,61,69)(H,62,73)(H,63,72)(H,64,71)/b16-13+,18-14+,25-17+,36-22+/t35-,37-,38-,39-,40-,41-,43+,44?,45-,46-,47-,48-,49-,51-,52-,53+,59?,60+/m0/s1. The lowest BCUT2D eigenvalue weighted by Crippen LogP contribution is -2.71. The Morgan fingerprint density at radius 1 is 0.962 bits per heavy atom. The van der Waals surface area contributed by atoms with E-state index in [1.54, 1.807) is 58.1 Å². The number of hydrogen-bond acceptors (Lipinski definition) is 14. The predicted octanol–water partition coefficient (Wildman–Crippen LogP) is 5.20. The molecule has 1 aromatic heterocycles. The maximum atomic E-state index is 14.6. The fourth-order valence-electron chi connectivity index (χ4n) is 12.0. The van der Waals surface area contributed by atoms with Crippen molar-refractivity contribution >= 4 is 29.6 Å². The number of fused-ring (bicyclic) bond motifs is 3. The Kier molecular flexibility index (Phi) is 22.5. The molecule has 4 saturated heterocycles. The Morgan fingerprint density at radius 3 is 2.41 bits per heavy atom. The lowest BCUT2D eigenvalue weighted by Gasteiger charge is -2.56. The summed E-state index contributed by atoms with van der Waals surface area (Å²) in [6.45, 7) is 19.1. The van der Waals surface area contributed by atoms with Gasteiger partial charge in [0.15, 0.2) is 5.79 Å². The molecule has 2 bridgehead atoms. The second-order valence-corrected chi connectivity index (χ2v) is 23.8. The van der Waals surface area contributed by atoms with Crippen LogP contribution in [0.2, 0.25) is 0 Å². The molecule has 0 saturated carbocycles. The molecule has 6 rings (SSSR count). The number of carbonyl (C=O) groups is 5. The summed E-state index contributed by atoms with van der Waals surface area (Å²) in [5.74, 6) is -5.95. The van der Waals surface area contributed by atoms with Crippen molar-refractivity contribution in [2.45, 2.75) is 206 Å². The topological polar surface area (TPSA) is 267 Å². The molecule has 19 heteroatoms. The van der Waals surface area contributed by atoms with E-state index in [1.807, 2.05) is 58.9 Å². The molecule has 440 valence electrons. The summed E-state index contributed by atoms with van der Waals surface area (Å²) in [5, 5.41) is 44.7. The number of H-pyrrole nitrogens is 1. The highest BCUT2D eigenvalue weighted by Gasteiger charge is 2.57.